The third kappa shape index (κ3) is 2.98. The number of rotatable bonds is 3. The molecule has 0 radical (unpaired) electrons. The number of benzene rings is 2. The van der Waals surface area contributed by atoms with Gasteiger partial charge in [-0.05, 0) is 48.1 Å². The quantitative estimate of drug-likeness (QED) is 0.834. The number of aryl methyl sites for hydroxylation is 1. The number of carbonyl (C=O) groups is 1. The van der Waals surface area contributed by atoms with Gasteiger partial charge in [0.1, 0.15) is 0 Å². The third-order valence-corrected chi connectivity index (χ3v) is 6.84. The monoisotopic (exact) mass is 394 g/mol. The first-order valence-electron chi connectivity index (χ1n) is 10.3. The second-order valence-electron chi connectivity index (χ2n) is 8.28. The SMILES string of the molecule is N[C@H]1c2ccccc2C2(CCN(C(=O)CCc3ccc4c(c3)OCO4)CC2)[C@@H]1O. The molecule has 1 fully saturated rings. The Labute approximate surface area is 170 Å². The number of piperidine rings is 1. The van der Waals surface area contributed by atoms with Crippen LogP contribution in [0.2, 0.25) is 0 Å². The summed E-state index contributed by atoms with van der Waals surface area (Å²) in [6, 6.07) is 13.6. The minimum atomic E-state index is -0.592. The number of fused-ring (bicyclic) bond motifs is 3. The maximum Gasteiger partial charge on any atom is 0.231 e. The first-order valence-corrected chi connectivity index (χ1v) is 10.3. The predicted molar refractivity (Wildman–Crippen MR) is 108 cm³/mol. The van der Waals surface area contributed by atoms with Crippen LogP contribution in [0, 0.1) is 0 Å². The second kappa shape index (κ2) is 7.04. The molecule has 5 rings (SSSR count). The third-order valence-electron chi connectivity index (χ3n) is 6.84. The highest BCUT2D eigenvalue weighted by Crippen LogP contribution is 2.50. The van der Waals surface area contributed by atoms with E-state index in [4.69, 9.17) is 15.2 Å². The number of nitrogens with zero attached hydrogens (tertiary/aromatic N) is 1. The van der Waals surface area contributed by atoms with Gasteiger partial charge in [-0.2, -0.15) is 0 Å². The van der Waals surface area contributed by atoms with Gasteiger partial charge in [-0.3, -0.25) is 4.79 Å². The number of hydrogen-bond donors (Lipinski definition) is 2. The maximum atomic E-state index is 12.8. The highest BCUT2D eigenvalue weighted by Gasteiger charge is 2.51. The molecule has 3 N–H and O–H groups in total. The normalized spacial score (nSPS) is 24.0. The van der Waals surface area contributed by atoms with E-state index in [2.05, 4.69) is 6.07 Å². The molecule has 2 aromatic rings. The molecule has 0 unspecified atom stereocenters. The van der Waals surface area contributed by atoms with Crippen molar-refractivity contribution in [3.05, 3.63) is 59.2 Å². The molecule has 2 aromatic carbocycles. The zero-order valence-corrected chi connectivity index (χ0v) is 16.3. The lowest BCUT2D eigenvalue weighted by Crippen LogP contribution is -2.50. The van der Waals surface area contributed by atoms with Crippen molar-refractivity contribution in [2.75, 3.05) is 19.9 Å². The van der Waals surface area contributed by atoms with Gasteiger partial charge in [0.25, 0.3) is 0 Å². The van der Waals surface area contributed by atoms with E-state index in [1.54, 1.807) is 0 Å². The topological polar surface area (TPSA) is 85.0 Å². The van der Waals surface area contributed by atoms with Crippen molar-refractivity contribution in [3.8, 4) is 11.5 Å². The molecule has 2 atom stereocenters. The van der Waals surface area contributed by atoms with E-state index in [-0.39, 0.29) is 24.2 Å². The summed E-state index contributed by atoms with van der Waals surface area (Å²) >= 11 is 0. The summed E-state index contributed by atoms with van der Waals surface area (Å²) < 4.78 is 10.7. The summed E-state index contributed by atoms with van der Waals surface area (Å²) in [5, 5.41) is 10.9. The molecular weight excluding hydrogens is 368 g/mol. The number of aliphatic hydroxyl groups excluding tert-OH is 1. The van der Waals surface area contributed by atoms with Gasteiger partial charge in [0.15, 0.2) is 11.5 Å². The fourth-order valence-corrected chi connectivity index (χ4v) is 5.14. The summed E-state index contributed by atoms with van der Waals surface area (Å²) in [4.78, 5) is 14.7. The Bertz CT molecular complexity index is 936. The second-order valence-corrected chi connectivity index (χ2v) is 8.28. The Hall–Kier alpha value is -2.57. The number of aliphatic hydroxyl groups is 1. The van der Waals surface area contributed by atoms with Crippen LogP contribution in [0.3, 0.4) is 0 Å². The van der Waals surface area contributed by atoms with Crippen LogP contribution in [0.5, 0.6) is 11.5 Å². The molecule has 2 aliphatic heterocycles. The van der Waals surface area contributed by atoms with Crippen molar-refractivity contribution in [1.82, 2.24) is 4.90 Å². The highest BCUT2D eigenvalue weighted by atomic mass is 16.7. The molecule has 1 saturated heterocycles. The van der Waals surface area contributed by atoms with Gasteiger partial charge in [0.05, 0.1) is 12.1 Å². The lowest BCUT2D eigenvalue weighted by atomic mass is 9.72. The van der Waals surface area contributed by atoms with Gasteiger partial charge in [-0.1, -0.05) is 30.3 Å². The first kappa shape index (κ1) is 18.5. The number of hydrogen-bond acceptors (Lipinski definition) is 5. The molecule has 1 spiro atoms. The van der Waals surface area contributed by atoms with E-state index in [9.17, 15) is 9.90 Å². The average molecular weight is 394 g/mol. The van der Waals surface area contributed by atoms with Crippen molar-refractivity contribution in [3.63, 3.8) is 0 Å². The average Bonchev–Trinajstić information content (AvgIpc) is 3.31. The number of carbonyl (C=O) groups excluding carboxylic acids is 1. The summed E-state index contributed by atoms with van der Waals surface area (Å²) in [6.07, 6.45) is 2.04. The Balaban J connectivity index is 1.22. The Morgan fingerprint density at radius 1 is 1.14 bits per heavy atom. The zero-order valence-electron chi connectivity index (χ0n) is 16.3. The molecule has 0 bridgehead atoms. The minimum absolute atomic E-state index is 0.155. The fraction of sp³-hybridized carbons (Fsp3) is 0.435. The lowest BCUT2D eigenvalue weighted by molar-refractivity contribution is -0.133. The Morgan fingerprint density at radius 3 is 2.72 bits per heavy atom. The van der Waals surface area contributed by atoms with Gasteiger partial charge in [-0.25, -0.2) is 0 Å². The Morgan fingerprint density at radius 2 is 1.90 bits per heavy atom. The van der Waals surface area contributed by atoms with E-state index < -0.39 is 6.10 Å². The van der Waals surface area contributed by atoms with Crippen molar-refractivity contribution in [2.24, 2.45) is 5.73 Å². The highest BCUT2D eigenvalue weighted by molar-refractivity contribution is 5.76. The molecule has 0 aromatic heterocycles. The number of likely N-dealkylation sites (tertiary alicyclic amines) is 1. The smallest absolute Gasteiger partial charge is 0.231 e. The van der Waals surface area contributed by atoms with Crippen molar-refractivity contribution in [1.29, 1.82) is 0 Å². The van der Waals surface area contributed by atoms with Crippen LogP contribution in [0.15, 0.2) is 42.5 Å². The summed E-state index contributed by atoms with van der Waals surface area (Å²) in [7, 11) is 0. The lowest BCUT2D eigenvalue weighted by Gasteiger charge is -2.42. The standard InChI is InChI=1S/C23H26N2O4/c24-21-16-3-1-2-4-17(16)23(22(21)27)9-11-25(12-10-23)20(26)8-6-15-5-7-18-19(13-15)29-14-28-18/h1-5,7,13,21-22,27H,6,8-12,14,24H2/t21-,22+/m0/s1. The van der Waals surface area contributed by atoms with E-state index in [1.165, 1.54) is 0 Å². The van der Waals surface area contributed by atoms with Crippen molar-refractivity contribution in [2.45, 2.75) is 43.2 Å². The van der Waals surface area contributed by atoms with Crippen molar-refractivity contribution >= 4 is 5.91 Å². The largest absolute Gasteiger partial charge is 0.454 e. The maximum absolute atomic E-state index is 12.8. The van der Waals surface area contributed by atoms with Crippen LogP contribution in [0.1, 0.15) is 42.0 Å². The molecule has 1 aliphatic carbocycles. The van der Waals surface area contributed by atoms with E-state index in [0.717, 1.165) is 41.0 Å². The van der Waals surface area contributed by atoms with E-state index in [1.807, 2.05) is 41.3 Å². The van der Waals surface area contributed by atoms with Crippen LogP contribution in [0.4, 0.5) is 0 Å². The van der Waals surface area contributed by atoms with E-state index in [0.29, 0.717) is 25.9 Å². The van der Waals surface area contributed by atoms with Crippen LogP contribution >= 0.6 is 0 Å². The van der Waals surface area contributed by atoms with E-state index >= 15 is 0 Å². The molecular formula is C23H26N2O4. The van der Waals surface area contributed by atoms with Crippen molar-refractivity contribution < 1.29 is 19.4 Å². The predicted octanol–water partition coefficient (Wildman–Crippen LogP) is 2.28. The van der Waals surface area contributed by atoms with Gasteiger partial charge in [0.2, 0.25) is 12.7 Å². The summed E-state index contributed by atoms with van der Waals surface area (Å²) in [5.41, 5.74) is 9.24. The van der Waals surface area contributed by atoms with Gasteiger partial charge in [0, 0.05) is 24.9 Å². The first-order chi connectivity index (χ1) is 14.1. The van der Waals surface area contributed by atoms with Gasteiger partial charge < -0.3 is 25.2 Å². The number of amides is 1. The molecule has 29 heavy (non-hydrogen) atoms. The molecule has 2 heterocycles. The number of ether oxygens (including phenoxy) is 2. The van der Waals surface area contributed by atoms with Crippen LogP contribution in [-0.2, 0) is 16.6 Å². The molecule has 1 amide bonds. The molecule has 0 saturated carbocycles. The minimum Gasteiger partial charge on any atom is -0.454 e. The van der Waals surface area contributed by atoms with Crippen LogP contribution in [0.25, 0.3) is 0 Å². The molecule has 152 valence electrons. The van der Waals surface area contributed by atoms with Crippen LogP contribution < -0.4 is 15.2 Å². The number of nitrogens with two attached hydrogens (primary N) is 1. The van der Waals surface area contributed by atoms with Crippen LogP contribution in [-0.4, -0.2) is 41.9 Å². The zero-order chi connectivity index (χ0) is 20.0. The molecule has 3 aliphatic rings. The Kier molecular flexibility index (Phi) is 4.48. The summed E-state index contributed by atoms with van der Waals surface area (Å²) in [5.74, 6) is 1.66. The molecule has 6 heteroatoms. The summed E-state index contributed by atoms with van der Waals surface area (Å²) in [6.45, 7) is 1.56. The van der Waals surface area contributed by atoms with Gasteiger partial charge >= 0.3 is 0 Å². The van der Waals surface area contributed by atoms with Gasteiger partial charge in [-0.15, -0.1) is 0 Å². The molecule has 6 nitrogen and oxygen atoms in total. The fourth-order valence-electron chi connectivity index (χ4n) is 5.14.